The fourth-order valence-corrected chi connectivity index (χ4v) is 2.27. The van der Waals surface area contributed by atoms with Crippen molar-refractivity contribution in [3.63, 3.8) is 0 Å². The van der Waals surface area contributed by atoms with E-state index in [1.165, 1.54) is 17.8 Å². The highest BCUT2D eigenvalue weighted by Crippen LogP contribution is 2.16. The van der Waals surface area contributed by atoms with Gasteiger partial charge in [0.15, 0.2) is 0 Å². The molecular weight excluding hydrogens is 286 g/mol. The zero-order chi connectivity index (χ0) is 17.0. The van der Waals surface area contributed by atoms with Gasteiger partial charge in [-0.05, 0) is 32.9 Å². The molecule has 0 aliphatic heterocycles. The molecule has 1 aromatic heterocycles. The standard InChI is InChI=1S/C15H25N3O4/c1-10(2)8-12(14(20)21)18-9-11(6-7-16(3)4)13(19)17(5)15(18)22/h9-10,12H,6-8H2,1-5H3,(H,20,21). The van der Waals surface area contributed by atoms with Gasteiger partial charge in [-0.15, -0.1) is 0 Å². The zero-order valence-electron chi connectivity index (χ0n) is 13.9. The third-order valence-electron chi connectivity index (χ3n) is 3.53. The van der Waals surface area contributed by atoms with E-state index in [2.05, 4.69) is 0 Å². The molecule has 1 unspecified atom stereocenters. The highest BCUT2D eigenvalue weighted by atomic mass is 16.4. The summed E-state index contributed by atoms with van der Waals surface area (Å²) in [6, 6.07) is -0.961. The summed E-state index contributed by atoms with van der Waals surface area (Å²) >= 11 is 0. The lowest BCUT2D eigenvalue weighted by atomic mass is 10.0. The van der Waals surface area contributed by atoms with Crippen LogP contribution < -0.4 is 11.2 Å². The number of carboxylic acids is 1. The Balaban J connectivity index is 3.37. The van der Waals surface area contributed by atoms with E-state index in [1.807, 2.05) is 32.8 Å². The highest BCUT2D eigenvalue weighted by molar-refractivity contribution is 5.71. The number of aliphatic carboxylic acids is 1. The van der Waals surface area contributed by atoms with E-state index >= 15 is 0 Å². The van der Waals surface area contributed by atoms with Crippen molar-refractivity contribution in [2.24, 2.45) is 13.0 Å². The second-order valence-corrected chi connectivity index (χ2v) is 6.25. The Bertz CT molecular complexity index is 643. The third kappa shape index (κ3) is 4.30. The summed E-state index contributed by atoms with van der Waals surface area (Å²) in [6.07, 6.45) is 2.21. The number of aromatic nitrogens is 2. The number of hydrogen-bond acceptors (Lipinski definition) is 4. The van der Waals surface area contributed by atoms with Gasteiger partial charge in [0, 0.05) is 25.4 Å². The minimum atomic E-state index is -1.06. The van der Waals surface area contributed by atoms with Crippen LogP contribution in [0, 0.1) is 5.92 Å². The number of carbonyl (C=O) groups is 1. The van der Waals surface area contributed by atoms with E-state index in [-0.39, 0.29) is 11.5 Å². The summed E-state index contributed by atoms with van der Waals surface area (Å²) < 4.78 is 2.16. The monoisotopic (exact) mass is 311 g/mol. The van der Waals surface area contributed by atoms with Crippen molar-refractivity contribution in [2.45, 2.75) is 32.7 Å². The quantitative estimate of drug-likeness (QED) is 0.784. The first-order chi connectivity index (χ1) is 10.1. The topological polar surface area (TPSA) is 84.5 Å². The molecule has 1 heterocycles. The molecule has 1 N–H and O–H groups in total. The van der Waals surface area contributed by atoms with Gasteiger partial charge < -0.3 is 10.0 Å². The number of likely N-dealkylation sites (N-methyl/N-ethyl adjacent to an activating group) is 1. The van der Waals surface area contributed by atoms with Gasteiger partial charge in [-0.25, -0.2) is 9.59 Å². The molecule has 0 aliphatic rings. The van der Waals surface area contributed by atoms with Crippen LogP contribution in [-0.4, -0.2) is 45.8 Å². The van der Waals surface area contributed by atoms with Crippen LogP contribution in [0.3, 0.4) is 0 Å². The summed E-state index contributed by atoms with van der Waals surface area (Å²) in [6.45, 7) is 4.45. The van der Waals surface area contributed by atoms with E-state index in [1.54, 1.807) is 0 Å². The normalized spacial score (nSPS) is 12.9. The number of carboxylic acid groups (broad SMARTS) is 1. The maximum absolute atomic E-state index is 12.3. The van der Waals surface area contributed by atoms with Crippen molar-refractivity contribution < 1.29 is 9.90 Å². The lowest BCUT2D eigenvalue weighted by Gasteiger charge is -2.19. The Kier molecular flexibility index (Phi) is 6.11. The minimum absolute atomic E-state index is 0.121. The van der Waals surface area contributed by atoms with Crippen LogP contribution >= 0.6 is 0 Å². The molecule has 0 saturated heterocycles. The van der Waals surface area contributed by atoms with E-state index in [0.29, 0.717) is 24.9 Å². The Morgan fingerprint density at radius 3 is 2.36 bits per heavy atom. The summed E-state index contributed by atoms with van der Waals surface area (Å²) in [5.41, 5.74) is -0.505. The first kappa shape index (κ1) is 18.2. The van der Waals surface area contributed by atoms with E-state index in [0.717, 1.165) is 4.57 Å². The molecule has 0 radical (unpaired) electrons. The lowest BCUT2D eigenvalue weighted by Crippen LogP contribution is -2.43. The van der Waals surface area contributed by atoms with Crippen molar-refractivity contribution >= 4 is 5.97 Å². The fraction of sp³-hybridized carbons (Fsp3) is 0.667. The van der Waals surface area contributed by atoms with Crippen molar-refractivity contribution in [3.8, 4) is 0 Å². The SMILES string of the molecule is CC(C)CC(C(=O)O)n1cc(CCN(C)C)c(=O)n(C)c1=O. The van der Waals surface area contributed by atoms with E-state index in [9.17, 15) is 19.5 Å². The Morgan fingerprint density at radius 2 is 1.91 bits per heavy atom. The van der Waals surface area contributed by atoms with Crippen molar-refractivity contribution in [1.29, 1.82) is 0 Å². The molecule has 0 aromatic carbocycles. The third-order valence-corrected chi connectivity index (χ3v) is 3.53. The van der Waals surface area contributed by atoms with Gasteiger partial charge in [0.05, 0.1) is 0 Å². The van der Waals surface area contributed by atoms with Crippen LogP contribution in [0.1, 0.15) is 31.9 Å². The molecule has 7 nitrogen and oxygen atoms in total. The molecule has 0 fully saturated rings. The van der Waals surface area contributed by atoms with Crippen molar-refractivity contribution in [1.82, 2.24) is 14.0 Å². The average molecular weight is 311 g/mol. The highest BCUT2D eigenvalue weighted by Gasteiger charge is 2.24. The molecule has 1 rings (SSSR count). The molecule has 0 amide bonds. The molecule has 0 saturated carbocycles. The van der Waals surface area contributed by atoms with Gasteiger partial charge in [0.2, 0.25) is 0 Å². The van der Waals surface area contributed by atoms with Crippen LogP contribution in [0.4, 0.5) is 0 Å². The molecule has 0 aliphatic carbocycles. The van der Waals surface area contributed by atoms with Crippen molar-refractivity contribution in [3.05, 3.63) is 32.6 Å². The molecular formula is C15H25N3O4. The summed E-state index contributed by atoms with van der Waals surface area (Å²) in [7, 11) is 5.16. The van der Waals surface area contributed by atoms with Crippen LogP contribution in [-0.2, 0) is 18.3 Å². The Hall–Kier alpha value is -1.89. The number of hydrogen-bond donors (Lipinski definition) is 1. The van der Waals surface area contributed by atoms with Crippen molar-refractivity contribution in [2.75, 3.05) is 20.6 Å². The molecule has 1 aromatic rings. The summed E-state index contributed by atoms with van der Waals surface area (Å²) in [4.78, 5) is 37.8. The maximum atomic E-state index is 12.3. The molecule has 1 atom stereocenters. The average Bonchev–Trinajstić information content (AvgIpc) is 2.41. The second-order valence-electron chi connectivity index (χ2n) is 6.25. The summed E-state index contributed by atoms with van der Waals surface area (Å²) in [5, 5.41) is 9.41. The Morgan fingerprint density at radius 1 is 1.32 bits per heavy atom. The predicted octanol–water partition coefficient (Wildman–Crippen LogP) is 0.323. The largest absolute Gasteiger partial charge is 0.480 e. The lowest BCUT2D eigenvalue weighted by molar-refractivity contribution is -0.141. The summed E-state index contributed by atoms with van der Waals surface area (Å²) in [5.74, 6) is -0.941. The number of nitrogens with zero attached hydrogens (tertiary/aromatic N) is 3. The first-order valence-corrected chi connectivity index (χ1v) is 7.33. The van der Waals surface area contributed by atoms with Gasteiger partial charge in [0.25, 0.3) is 5.56 Å². The zero-order valence-corrected chi connectivity index (χ0v) is 13.9. The minimum Gasteiger partial charge on any atom is -0.480 e. The smallest absolute Gasteiger partial charge is 0.331 e. The van der Waals surface area contributed by atoms with E-state index < -0.39 is 17.7 Å². The molecule has 124 valence electrons. The maximum Gasteiger partial charge on any atom is 0.331 e. The molecule has 7 heteroatoms. The second kappa shape index (κ2) is 7.40. The van der Waals surface area contributed by atoms with Gasteiger partial charge in [-0.1, -0.05) is 13.8 Å². The van der Waals surface area contributed by atoms with Gasteiger partial charge in [-0.3, -0.25) is 13.9 Å². The predicted molar refractivity (Wildman–Crippen MR) is 84.3 cm³/mol. The van der Waals surface area contributed by atoms with Gasteiger partial charge in [0.1, 0.15) is 6.04 Å². The van der Waals surface area contributed by atoms with Crippen LogP contribution in [0.2, 0.25) is 0 Å². The van der Waals surface area contributed by atoms with Crippen LogP contribution in [0.25, 0.3) is 0 Å². The van der Waals surface area contributed by atoms with Crippen LogP contribution in [0.5, 0.6) is 0 Å². The molecule has 0 spiro atoms. The van der Waals surface area contributed by atoms with Gasteiger partial charge in [-0.2, -0.15) is 0 Å². The molecule has 0 bridgehead atoms. The van der Waals surface area contributed by atoms with Gasteiger partial charge >= 0.3 is 11.7 Å². The Labute approximate surface area is 129 Å². The van der Waals surface area contributed by atoms with E-state index in [4.69, 9.17) is 0 Å². The number of rotatable bonds is 7. The first-order valence-electron chi connectivity index (χ1n) is 7.33. The fourth-order valence-electron chi connectivity index (χ4n) is 2.27. The molecule has 22 heavy (non-hydrogen) atoms. The van der Waals surface area contributed by atoms with Crippen LogP contribution in [0.15, 0.2) is 15.8 Å².